The van der Waals surface area contributed by atoms with Crippen LogP contribution >= 0.6 is 0 Å². The fraction of sp³-hybridized carbons (Fsp3) is 0.417. The summed E-state index contributed by atoms with van der Waals surface area (Å²) in [6, 6.07) is 2.38. The molecule has 1 aromatic carbocycles. The Morgan fingerprint density at radius 3 is 3.00 bits per heavy atom. The summed E-state index contributed by atoms with van der Waals surface area (Å²) in [5.41, 5.74) is 4.68. The van der Waals surface area contributed by atoms with Gasteiger partial charge in [0.15, 0.2) is 0 Å². The molecule has 18 heavy (non-hydrogen) atoms. The van der Waals surface area contributed by atoms with E-state index in [4.69, 9.17) is 20.3 Å². The average molecular weight is 255 g/mol. The first-order valence-corrected chi connectivity index (χ1v) is 5.61. The third-order valence-electron chi connectivity index (χ3n) is 2.87. The summed E-state index contributed by atoms with van der Waals surface area (Å²) in [7, 11) is 0. The Bertz CT molecular complexity index is 458. The highest BCUT2D eigenvalue weighted by Crippen LogP contribution is 2.28. The summed E-state index contributed by atoms with van der Waals surface area (Å²) < 4.78 is 23.8. The van der Waals surface area contributed by atoms with Crippen LogP contribution in [-0.4, -0.2) is 30.9 Å². The number of hydrogen-bond acceptors (Lipinski definition) is 4. The lowest BCUT2D eigenvalue weighted by Crippen LogP contribution is -2.15. The number of hydrogen-bond donors (Lipinski definition) is 2. The molecule has 0 spiro atoms. The first kappa shape index (κ1) is 12.6. The van der Waals surface area contributed by atoms with Crippen LogP contribution in [0, 0.1) is 11.7 Å². The number of nitrogen functional groups attached to an aromatic ring is 1. The van der Waals surface area contributed by atoms with Gasteiger partial charge in [0.05, 0.1) is 18.9 Å². The van der Waals surface area contributed by atoms with Crippen molar-refractivity contribution < 1.29 is 23.8 Å². The van der Waals surface area contributed by atoms with E-state index in [1.807, 2.05) is 0 Å². The monoisotopic (exact) mass is 255 g/mol. The summed E-state index contributed by atoms with van der Waals surface area (Å²) in [6.45, 7) is 1.62. The molecule has 0 saturated carbocycles. The average Bonchev–Trinajstić information content (AvgIpc) is 2.83. The van der Waals surface area contributed by atoms with Crippen molar-refractivity contribution in [3.8, 4) is 5.75 Å². The molecule has 0 amide bonds. The Kier molecular flexibility index (Phi) is 3.66. The summed E-state index contributed by atoms with van der Waals surface area (Å²) in [5, 5.41) is 9.01. The molecule has 0 aromatic heterocycles. The molecule has 1 heterocycles. The number of anilines is 1. The summed E-state index contributed by atoms with van der Waals surface area (Å²) in [4.78, 5) is 11.0. The Morgan fingerprint density at radius 1 is 1.61 bits per heavy atom. The van der Waals surface area contributed by atoms with Gasteiger partial charge in [0.1, 0.15) is 17.1 Å². The van der Waals surface area contributed by atoms with Crippen LogP contribution in [0.2, 0.25) is 0 Å². The molecule has 3 N–H and O–H groups in total. The van der Waals surface area contributed by atoms with Crippen LogP contribution in [-0.2, 0) is 4.74 Å². The molecule has 1 fully saturated rings. The lowest BCUT2D eigenvalue weighted by molar-refractivity contribution is 0.0692. The minimum Gasteiger partial charge on any atom is -0.492 e. The molecule has 0 aliphatic carbocycles. The van der Waals surface area contributed by atoms with Crippen molar-refractivity contribution in [1.82, 2.24) is 0 Å². The van der Waals surface area contributed by atoms with Crippen LogP contribution < -0.4 is 10.5 Å². The maximum atomic E-state index is 13.2. The van der Waals surface area contributed by atoms with Gasteiger partial charge in [-0.25, -0.2) is 9.18 Å². The van der Waals surface area contributed by atoms with Crippen molar-refractivity contribution in [3.63, 3.8) is 0 Å². The van der Waals surface area contributed by atoms with Crippen LogP contribution in [0.5, 0.6) is 5.75 Å². The maximum Gasteiger partial charge on any atom is 0.341 e. The minimum absolute atomic E-state index is 0.0910. The van der Waals surface area contributed by atoms with Crippen molar-refractivity contribution in [2.24, 2.45) is 5.92 Å². The minimum atomic E-state index is -1.30. The van der Waals surface area contributed by atoms with Crippen LogP contribution in [0.25, 0.3) is 0 Å². The topological polar surface area (TPSA) is 81.8 Å². The van der Waals surface area contributed by atoms with Crippen molar-refractivity contribution in [2.75, 3.05) is 25.6 Å². The van der Waals surface area contributed by atoms with Gasteiger partial charge in [0.25, 0.3) is 0 Å². The van der Waals surface area contributed by atoms with E-state index in [2.05, 4.69) is 0 Å². The van der Waals surface area contributed by atoms with Crippen molar-refractivity contribution in [1.29, 1.82) is 0 Å². The Morgan fingerprint density at radius 2 is 2.39 bits per heavy atom. The van der Waals surface area contributed by atoms with E-state index in [1.165, 1.54) is 6.07 Å². The van der Waals surface area contributed by atoms with Gasteiger partial charge in [-0.3, -0.25) is 0 Å². The van der Waals surface area contributed by atoms with E-state index < -0.39 is 17.5 Å². The van der Waals surface area contributed by atoms with Crippen LogP contribution in [0.3, 0.4) is 0 Å². The third-order valence-corrected chi connectivity index (χ3v) is 2.87. The van der Waals surface area contributed by atoms with Gasteiger partial charge in [0, 0.05) is 12.5 Å². The Balaban J connectivity index is 2.16. The van der Waals surface area contributed by atoms with Crippen molar-refractivity contribution in [2.45, 2.75) is 6.42 Å². The number of aromatic carboxylic acids is 1. The standard InChI is InChI=1S/C12H14FNO4/c13-8-1-2-9(10(11(8)14)12(15)16)18-6-7-3-4-17-5-7/h1-2,7H,3-6,14H2,(H,15,16). The van der Waals surface area contributed by atoms with Crippen LogP contribution in [0.4, 0.5) is 10.1 Å². The zero-order valence-corrected chi connectivity index (χ0v) is 9.69. The SMILES string of the molecule is Nc1c(F)ccc(OCC2CCOC2)c1C(=O)O. The number of carboxylic acids is 1. The number of carbonyl (C=O) groups is 1. The quantitative estimate of drug-likeness (QED) is 0.797. The molecule has 6 heteroatoms. The van der Waals surface area contributed by atoms with E-state index in [-0.39, 0.29) is 17.2 Å². The highest BCUT2D eigenvalue weighted by molar-refractivity contribution is 5.96. The van der Waals surface area contributed by atoms with E-state index in [1.54, 1.807) is 0 Å². The number of rotatable bonds is 4. The first-order chi connectivity index (χ1) is 8.59. The molecule has 0 radical (unpaired) electrons. The zero-order chi connectivity index (χ0) is 13.1. The number of nitrogens with two attached hydrogens (primary N) is 1. The van der Waals surface area contributed by atoms with Crippen LogP contribution in [0.1, 0.15) is 16.8 Å². The molecule has 1 saturated heterocycles. The number of ether oxygens (including phenoxy) is 2. The molecule has 2 rings (SSSR count). The molecule has 5 nitrogen and oxygen atoms in total. The smallest absolute Gasteiger partial charge is 0.341 e. The molecule has 1 atom stereocenters. The van der Waals surface area contributed by atoms with Gasteiger partial charge in [-0.15, -0.1) is 0 Å². The fourth-order valence-electron chi connectivity index (χ4n) is 1.84. The van der Waals surface area contributed by atoms with Gasteiger partial charge < -0.3 is 20.3 Å². The largest absolute Gasteiger partial charge is 0.492 e. The second-order valence-electron chi connectivity index (χ2n) is 4.18. The summed E-state index contributed by atoms with van der Waals surface area (Å²) in [5.74, 6) is -1.74. The Hall–Kier alpha value is -1.82. The van der Waals surface area contributed by atoms with Gasteiger partial charge in [-0.2, -0.15) is 0 Å². The second kappa shape index (κ2) is 5.22. The van der Waals surface area contributed by atoms with E-state index in [0.29, 0.717) is 19.8 Å². The highest BCUT2D eigenvalue weighted by atomic mass is 19.1. The van der Waals surface area contributed by atoms with Crippen molar-refractivity contribution >= 4 is 11.7 Å². The highest BCUT2D eigenvalue weighted by Gasteiger charge is 2.21. The molecule has 1 aliphatic rings. The number of benzene rings is 1. The molecule has 1 unspecified atom stereocenters. The predicted octanol–water partition coefficient (Wildman–Crippen LogP) is 1.52. The van der Waals surface area contributed by atoms with Crippen LogP contribution in [0.15, 0.2) is 12.1 Å². The molecular formula is C12H14FNO4. The summed E-state index contributed by atoms with van der Waals surface area (Å²) >= 11 is 0. The number of halogens is 1. The maximum absolute atomic E-state index is 13.2. The molecule has 1 aromatic rings. The first-order valence-electron chi connectivity index (χ1n) is 5.61. The Labute approximate surface area is 103 Å². The lowest BCUT2D eigenvalue weighted by Gasteiger charge is -2.13. The molecule has 1 aliphatic heterocycles. The molecule has 98 valence electrons. The molecule has 0 bridgehead atoms. The van der Waals surface area contributed by atoms with Gasteiger partial charge in [0.2, 0.25) is 0 Å². The number of carboxylic acid groups (broad SMARTS) is 1. The lowest BCUT2D eigenvalue weighted by atomic mass is 10.1. The summed E-state index contributed by atoms with van der Waals surface area (Å²) in [6.07, 6.45) is 0.874. The van der Waals surface area contributed by atoms with Gasteiger partial charge in [-0.05, 0) is 18.6 Å². The van der Waals surface area contributed by atoms with E-state index in [9.17, 15) is 9.18 Å². The van der Waals surface area contributed by atoms with Crippen molar-refractivity contribution in [3.05, 3.63) is 23.5 Å². The van der Waals surface area contributed by atoms with E-state index >= 15 is 0 Å². The van der Waals surface area contributed by atoms with Gasteiger partial charge in [-0.1, -0.05) is 0 Å². The zero-order valence-electron chi connectivity index (χ0n) is 9.69. The predicted molar refractivity (Wildman–Crippen MR) is 62.2 cm³/mol. The normalized spacial score (nSPS) is 18.8. The second-order valence-corrected chi connectivity index (χ2v) is 4.18. The third kappa shape index (κ3) is 2.53. The van der Waals surface area contributed by atoms with E-state index in [0.717, 1.165) is 12.5 Å². The fourth-order valence-corrected chi connectivity index (χ4v) is 1.84. The molecular weight excluding hydrogens is 241 g/mol. The van der Waals surface area contributed by atoms with Gasteiger partial charge >= 0.3 is 5.97 Å².